The van der Waals surface area contributed by atoms with Crippen molar-refractivity contribution in [1.29, 1.82) is 5.41 Å². The second-order valence-corrected chi connectivity index (χ2v) is 5.55. The minimum absolute atomic E-state index is 0.133. The lowest BCUT2D eigenvalue weighted by atomic mass is 10.1. The van der Waals surface area contributed by atoms with Crippen molar-refractivity contribution >= 4 is 17.1 Å². The van der Waals surface area contributed by atoms with Crippen molar-refractivity contribution < 1.29 is 34.4 Å². The molecule has 4 atom stereocenters. The van der Waals surface area contributed by atoms with E-state index in [1.165, 1.54) is 17.2 Å². The number of hydrogen-bond donors (Lipinski definition) is 4. The van der Waals surface area contributed by atoms with Gasteiger partial charge in [-0.2, -0.15) is 4.73 Å². The van der Waals surface area contributed by atoms with E-state index >= 15 is 0 Å². The molecule has 142 valence electrons. The number of rotatable bonds is 6. The van der Waals surface area contributed by atoms with Crippen molar-refractivity contribution in [2.75, 3.05) is 19.8 Å². The minimum atomic E-state index is -1.30. The third-order valence-electron chi connectivity index (χ3n) is 3.92. The zero-order valence-corrected chi connectivity index (χ0v) is 13.8. The van der Waals surface area contributed by atoms with Gasteiger partial charge in [0.15, 0.2) is 22.9 Å². The summed E-state index contributed by atoms with van der Waals surface area (Å²) in [6.45, 7) is 1.03. The van der Waals surface area contributed by atoms with Gasteiger partial charge >= 0.3 is 5.97 Å². The maximum absolute atomic E-state index is 11.3. The predicted octanol–water partition coefficient (Wildman–Crippen LogP) is -2.68. The summed E-state index contributed by atoms with van der Waals surface area (Å²) < 4.78 is 12.5. The number of aliphatic hydroxyl groups excluding tert-OH is 3. The summed E-state index contributed by atoms with van der Waals surface area (Å²) in [5, 5.41) is 37.3. The first kappa shape index (κ1) is 18.3. The standard InChI is InChI=1S/C14H19N5O7/c1-2-24-8(21)4-25-19-6-17-13-9(12(19)15)16-5-18(13)14-11(23)10(22)7(3-20)26-14/h5-7,10-11,14-15,20,22-23H,2-4H2,1H3/t7-,10-,11-,14-/m1/s1. The molecule has 1 fully saturated rings. The van der Waals surface area contributed by atoms with Gasteiger partial charge in [-0.25, -0.2) is 14.8 Å². The van der Waals surface area contributed by atoms with Gasteiger partial charge in [-0.1, -0.05) is 0 Å². The highest BCUT2D eigenvalue weighted by atomic mass is 16.7. The number of esters is 1. The quantitative estimate of drug-likeness (QED) is 0.397. The number of ether oxygens (including phenoxy) is 2. The Labute approximate surface area is 146 Å². The summed E-state index contributed by atoms with van der Waals surface area (Å²) in [7, 11) is 0. The summed E-state index contributed by atoms with van der Waals surface area (Å²) in [6.07, 6.45) is -2.05. The van der Waals surface area contributed by atoms with Gasteiger partial charge in [-0.3, -0.25) is 9.98 Å². The Morgan fingerprint density at radius 1 is 1.35 bits per heavy atom. The molecule has 12 heteroatoms. The zero-order chi connectivity index (χ0) is 18.8. The molecule has 0 spiro atoms. The monoisotopic (exact) mass is 369 g/mol. The molecule has 3 rings (SSSR count). The maximum atomic E-state index is 11.3. The van der Waals surface area contributed by atoms with Crippen LogP contribution < -0.4 is 10.3 Å². The lowest BCUT2D eigenvalue weighted by molar-refractivity contribution is -0.148. The number of aliphatic hydroxyl groups is 3. The van der Waals surface area contributed by atoms with Gasteiger partial charge in [-0.05, 0) is 6.92 Å². The van der Waals surface area contributed by atoms with E-state index in [0.29, 0.717) is 0 Å². The molecule has 12 nitrogen and oxygen atoms in total. The second-order valence-electron chi connectivity index (χ2n) is 5.55. The van der Waals surface area contributed by atoms with Crippen molar-refractivity contribution in [2.24, 2.45) is 0 Å². The van der Waals surface area contributed by atoms with Gasteiger partial charge < -0.3 is 29.6 Å². The molecule has 1 aliphatic heterocycles. The van der Waals surface area contributed by atoms with Crippen LogP contribution in [0.3, 0.4) is 0 Å². The van der Waals surface area contributed by atoms with E-state index in [2.05, 4.69) is 9.97 Å². The lowest BCUT2D eigenvalue weighted by Gasteiger charge is -2.16. The number of aromatic nitrogens is 4. The van der Waals surface area contributed by atoms with Crippen molar-refractivity contribution in [3.63, 3.8) is 0 Å². The fraction of sp³-hybridized carbons (Fsp3) is 0.571. The summed E-state index contributed by atoms with van der Waals surface area (Å²) in [5.74, 6) is -0.587. The van der Waals surface area contributed by atoms with Crippen LogP contribution in [-0.2, 0) is 14.3 Å². The molecule has 1 aliphatic rings. The number of hydrogen-bond acceptors (Lipinski definition) is 10. The average Bonchev–Trinajstić information content (AvgIpc) is 3.17. The van der Waals surface area contributed by atoms with Crippen LogP contribution in [0.25, 0.3) is 11.2 Å². The van der Waals surface area contributed by atoms with Crippen LogP contribution in [0.1, 0.15) is 13.2 Å². The maximum Gasteiger partial charge on any atom is 0.346 e. The van der Waals surface area contributed by atoms with Crippen molar-refractivity contribution in [1.82, 2.24) is 19.3 Å². The number of imidazole rings is 1. The Morgan fingerprint density at radius 2 is 2.12 bits per heavy atom. The number of nitrogens with one attached hydrogen (secondary N) is 1. The van der Waals surface area contributed by atoms with Gasteiger partial charge in [0, 0.05) is 0 Å². The molecule has 4 N–H and O–H groups in total. The van der Waals surface area contributed by atoms with Gasteiger partial charge in [0.2, 0.25) is 6.61 Å². The number of fused-ring (bicyclic) bond motifs is 1. The molecule has 2 aromatic heterocycles. The smallest absolute Gasteiger partial charge is 0.346 e. The Morgan fingerprint density at radius 3 is 2.77 bits per heavy atom. The Balaban J connectivity index is 1.86. The molecule has 0 bridgehead atoms. The molecule has 0 amide bonds. The van der Waals surface area contributed by atoms with Crippen molar-refractivity contribution in [3.8, 4) is 0 Å². The number of carbonyl (C=O) groups excluding carboxylic acids is 1. The molecule has 0 aromatic carbocycles. The third kappa shape index (κ3) is 3.14. The molecule has 1 saturated heterocycles. The van der Waals surface area contributed by atoms with E-state index in [0.717, 1.165) is 4.73 Å². The van der Waals surface area contributed by atoms with E-state index in [4.69, 9.17) is 19.7 Å². The number of carbonyl (C=O) groups is 1. The first-order chi connectivity index (χ1) is 12.5. The third-order valence-corrected chi connectivity index (χ3v) is 3.92. The number of nitrogens with zero attached hydrogens (tertiary/aromatic N) is 4. The molecule has 3 heterocycles. The van der Waals surface area contributed by atoms with Crippen LogP contribution in [0, 0.1) is 5.41 Å². The van der Waals surface area contributed by atoms with Gasteiger partial charge in [-0.15, -0.1) is 0 Å². The van der Waals surface area contributed by atoms with Crippen molar-refractivity contribution in [2.45, 2.75) is 31.5 Å². The van der Waals surface area contributed by atoms with E-state index in [-0.39, 0.29) is 23.3 Å². The zero-order valence-electron chi connectivity index (χ0n) is 13.8. The van der Waals surface area contributed by atoms with Crippen molar-refractivity contribution in [3.05, 3.63) is 18.1 Å². The fourth-order valence-corrected chi connectivity index (χ4v) is 2.64. The van der Waals surface area contributed by atoms with Crippen LogP contribution in [0.4, 0.5) is 0 Å². The van der Waals surface area contributed by atoms with Crippen LogP contribution in [0.15, 0.2) is 12.7 Å². The normalized spacial score (nSPS) is 25.5. The highest BCUT2D eigenvalue weighted by Gasteiger charge is 2.44. The van der Waals surface area contributed by atoms with Gasteiger partial charge in [0.1, 0.15) is 24.6 Å². The van der Waals surface area contributed by atoms with E-state index in [1.807, 2.05) is 0 Å². The van der Waals surface area contributed by atoms with Gasteiger partial charge in [0.25, 0.3) is 0 Å². The molecule has 26 heavy (non-hydrogen) atoms. The molecule has 0 saturated carbocycles. The minimum Gasteiger partial charge on any atom is -0.463 e. The predicted molar refractivity (Wildman–Crippen MR) is 82.5 cm³/mol. The second kappa shape index (κ2) is 7.37. The molecule has 0 unspecified atom stereocenters. The lowest BCUT2D eigenvalue weighted by Crippen LogP contribution is -2.33. The average molecular weight is 369 g/mol. The summed E-state index contributed by atoms with van der Waals surface area (Å²) in [4.78, 5) is 24.7. The van der Waals surface area contributed by atoms with Crippen LogP contribution in [0.2, 0.25) is 0 Å². The highest BCUT2D eigenvalue weighted by molar-refractivity contribution is 5.71. The Kier molecular flexibility index (Phi) is 5.18. The van der Waals surface area contributed by atoms with E-state index < -0.39 is 43.7 Å². The highest BCUT2D eigenvalue weighted by Crippen LogP contribution is 2.30. The fourth-order valence-electron chi connectivity index (χ4n) is 2.64. The largest absolute Gasteiger partial charge is 0.463 e. The SMILES string of the molecule is CCOC(=O)COn1cnc2c(ncn2[C@@H]2O[C@H](CO)[C@@H](O)[C@H]2O)c1=N. The first-order valence-corrected chi connectivity index (χ1v) is 7.88. The molecule has 0 radical (unpaired) electrons. The van der Waals surface area contributed by atoms with Gasteiger partial charge in [0.05, 0.1) is 19.5 Å². The molecule has 0 aliphatic carbocycles. The van der Waals surface area contributed by atoms with Crippen LogP contribution in [-0.4, -0.2) is 78.7 Å². The molecular formula is C14H19N5O7. The summed E-state index contributed by atoms with van der Waals surface area (Å²) >= 11 is 0. The van der Waals surface area contributed by atoms with E-state index in [9.17, 15) is 20.1 Å². The van der Waals surface area contributed by atoms with Crippen LogP contribution in [0.5, 0.6) is 0 Å². The van der Waals surface area contributed by atoms with Crippen LogP contribution >= 0.6 is 0 Å². The molecule has 2 aromatic rings. The summed E-state index contributed by atoms with van der Waals surface area (Å²) in [5.41, 5.74) is 0.166. The first-order valence-electron chi connectivity index (χ1n) is 7.88. The van der Waals surface area contributed by atoms with E-state index in [1.54, 1.807) is 6.92 Å². The Hall–Kier alpha value is -2.54. The topological polar surface area (TPSA) is 165 Å². The summed E-state index contributed by atoms with van der Waals surface area (Å²) in [6, 6.07) is 0. The molecular weight excluding hydrogens is 350 g/mol. The Bertz CT molecular complexity index is 850.